The van der Waals surface area contributed by atoms with Gasteiger partial charge in [-0.3, -0.25) is 0 Å². The minimum absolute atomic E-state index is 0.339. The van der Waals surface area contributed by atoms with Gasteiger partial charge in [0.25, 0.3) is 0 Å². The molecule has 174 valence electrons. The van der Waals surface area contributed by atoms with Crippen LogP contribution in [0, 0.1) is 0 Å². The summed E-state index contributed by atoms with van der Waals surface area (Å²) in [6, 6.07) is 30.0. The molecule has 0 aliphatic carbocycles. The number of rotatable bonds is 4. The van der Waals surface area contributed by atoms with Gasteiger partial charge in [0.1, 0.15) is 5.75 Å². The molecular weight excluding hydrogens is 432 g/mol. The van der Waals surface area contributed by atoms with Gasteiger partial charge < -0.3 is 9.47 Å². The van der Waals surface area contributed by atoms with Crippen molar-refractivity contribution < 1.29 is 14.3 Å². The third-order valence-electron chi connectivity index (χ3n) is 5.93. The molecule has 0 atom stereocenters. The van der Waals surface area contributed by atoms with Crippen LogP contribution in [-0.2, 0) is 10.3 Å². The highest BCUT2D eigenvalue weighted by Gasteiger charge is 2.37. The van der Waals surface area contributed by atoms with Crippen LogP contribution >= 0.6 is 0 Å². The fraction of sp³-hybridized carbons (Fsp3) is 0.0938. The molecule has 0 amide bonds. The topological polar surface area (TPSA) is 35.5 Å². The third-order valence-corrected chi connectivity index (χ3v) is 5.93. The number of hydrogen-bond acceptors (Lipinski definition) is 3. The minimum Gasteiger partial charge on any atom is -0.473 e. The Hall–Kier alpha value is -4.37. The number of methoxy groups -OCH3 is 1. The van der Waals surface area contributed by atoms with Crippen LogP contribution < -0.4 is 4.74 Å². The first-order valence-electron chi connectivity index (χ1n) is 11.5. The highest BCUT2D eigenvalue weighted by Crippen LogP contribution is 2.44. The van der Waals surface area contributed by atoms with E-state index in [0.717, 1.165) is 33.2 Å². The van der Waals surface area contributed by atoms with Crippen LogP contribution in [0.5, 0.6) is 5.75 Å². The second-order valence-electron chi connectivity index (χ2n) is 8.07. The Kier molecular flexibility index (Phi) is 7.27. The van der Waals surface area contributed by atoms with Crippen LogP contribution in [-0.4, -0.2) is 13.1 Å². The number of fused-ring (bicyclic) bond motifs is 3. The fourth-order valence-corrected chi connectivity index (χ4v) is 4.23. The molecule has 1 aliphatic rings. The zero-order chi connectivity index (χ0) is 24.7. The second-order valence-corrected chi connectivity index (χ2v) is 8.07. The normalized spacial score (nSPS) is 13.3. The van der Waals surface area contributed by atoms with Crippen molar-refractivity contribution >= 4 is 22.8 Å². The SMILES string of the molecule is C=C/C=C\C.COC(=O)c1ccc2c3c(ccc2c1)OC(c1ccccc1)(c1ccccc1)C=C3. The summed E-state index contributed by atoms with van der Waals surface area (Å²) in [4.78, 5) is 11.9. The maximum atomic E-state index is 11.9. The summed E-state index contributed by atoms with van der Waals surface area (Å²) in [6.45, 7) is 5.42. The van der Waals surface area contributed by atoms with Crippen molar-refractivity contribution in [1.82, 2.24) is 0 Å². The number of carbonyl (C=O) groups is 1. The lowest BCUT2D eigenvalue weighted by atomic mass is 9.83. The smallest absolute Gasteiger partial charge is 0.337 e. The van der Waals surface area contributed by atoms with E-state index < -0.39 is 5.60 Å². The molecule has 0 bridgehead atoms. The minimum atomic E-state index is -0.699. The summed E-state index contributed by atoms with van der Waals surface area (Å²) >= 11 is 0. The van der Waals surface area contributed by atoms with Gasteiger partial charge in [-0.15, -0.1) is 0 Å². The lowest BCUT2D eigenvalue weighted by Crippen LogP contribution is -2.34. The lowest BCUT2D eigenvalue weighted by Gasteiger charge is -2.36. The van der Waals surface area contributed by atoms with Gasteiger partial charge in [-0.1, -0.05) is 97.6 Å². The van der Waals surface area contributed by atoms with Crippen molar-refractivity contribution in [3.63, 3.8) is 0 Å². The quantitative estimate of drug-likeness (QED) is 0.231. The standard InChI is InChI=1S/C27H20O3.C5H8/c1-29-26(28)20-12-14-23-19(18-20)13-15-25-24(23)16-17-27(30-25,21-8-4-2-5-9-21)22-10-6-3-7-11-22;1-3-5-4-2/h2-18H,1H3;3-5H,1H2,2H3/b;5-4-. The summed E-state index contributed by atoms with van der Waals surface area (Å²) in [5, 5.41) is 2.00. The maximum absolute atomic E-state index is 11.9. The molecule has 3 nitrogen and oxygen atoms in total. The van der Waals surface area contributed by atoms with Crippen molar-refractivity contribution in [1.29, 1.82) is 0 Å². The highest BCUT2D eigenvalue weighted by atomic mass is 16.5. The first-order valence-corrected chi connectivity index (χ1v) is 11.5. The second kappa shape index (κ2) is 10.7. The monoisotopic (exact) mass is 460 g/mol. The van der Waals surface area contributed by atoms with Gasteiger partial charge >= 0.3 is 5.97 Å². The molecule has 1 aliphatic heterocycles. The molecule has 4 aromatic rings. The Morgan fingerprint density at radius 3 is 2.11 bits per heavy atom. The van der Waals surface area contributed by atoms with E-state index in [0.29, 0.717) is 5.56 Å². The third kappa shape index (κ3) is 4.80. The number of benzene rings is 4. The molecule has 4 aromatic carbocycles. The summed E-state index contributed by atoms with van der Waals surface area (Å²) in [7, 11) is 1.39. The average molecular weight is 461 g/mol. The predicted molar refractivity (Wildman–Crippen MR) is 144 cm³/mol. The van der Waals surface area contributed by atoms with Crippen LogP contribution in [0.3, 0.4) is 0 Å². The lowest BCUT2D eigenvalue weighted by molar-refractivity contribution is 0.0601. The van der Waals surface area contributed by atoms with E-state index in [1.165, 1.54) is 7.11 Å². The van der Waals surface area contributed by atoms with Gasteiger partial charge in [-0.2, -0.15) is 0 Å². The number of carbonyl (C=O) groups excluding carboxylic acids is 1. The molecule has 0 saturated carbocycles. The molecule has 0 saturated heterocycles. The fourth-order valence-electron chi connectivity index (χ4n) is 4.23. The van der Waals surface area contributed by atoms with Crippen LogP contribution in [0.2, 0.25) is 0 Å². The molecular formula is C32H28O3. The van der Waals surface area contributed by atoms with E-state index in [-0.39, 0.29) is 5.97 Å². The Labute approximate surface area is 206 Å². The largest absolute Gasteiger partial charge is 0.473 e. The zero-order valence-corrected chi connectivity index (χ0v) is 20.0. The van der Waals surface area contributed by atoms with E-state index in [9.17, 15) is 4.79 Å². The van der Waals surface area contributed by atoms with Crippen molar-refractivity contribution in [2.45, 2.75) is 12.5 Å². The van der Waals surface area contributed by atoms with Gasteiger partial charge in [-0.05, 0) is 48.0 Å². The summed E-state index contributed by atoms with van der Waals surface area (Å²) in [5.41, 5.74) is 2.98. The zero-order valence-electron chi connectivity index (χ0n) is 20.0. The average Bonchev–Trinajstić information content (AvgIpc) is 2.93. The molecule has 35 heavy (non-hydrogen) atoms. The van der Waals surface area contributed by atoms with Crippen molar-refractivity contribution in [3.8, 4) is 5.75 Å². The molecule has 0 fully saturated rings. The van der Waals surface area contributed by atoms with Gasteiger partial charge in [0.05, 0.1) is 12.7 Å². The van der Waals surface area contributed by atoms with E-state index in [2.05, 4.69) is 43.0 Å². The number of hydrogen-bond donors (Lipinski definition) is 0. The maximum Gasteiger partial charge on any atom is 0.337 e. The molecule has 1 heterocycles. The number of allylic oxidation sites excluding steroid dienone is 3. The molecule has 0 spiro atoms. The van der Waals surface area contributed by atoms with Gasteiger partial charge in [0, 0.05) is 16.7 Å². The Bertz CT molecular complexity index is 1340. The predicted octanol–water partition coefficient (Wildman–Crippen LogP) is 7.72. The van der Waals surface area contributed by atoms with Crippen LogP contribution in [0.15, 0.2) is 122 Å². The Balaban J connectivity index is 0.000000527. The number of ether oxygens (including phenoxy) is 2. The summed E-state index contributed by atoms with van der Waals surface area (Å²) in [5.74, 6) is 0.470. The van der Waals surface area contributed by atoms with E-state index in [1.807, 2.05) is 79.7 Å². The molecule has 3 heteroatoms. The molecule has 0 N–H and O–H groups in total. The number of esters is 1. The van der Waals surface area contributed by atoms with Crippen molar-refractivity contribution in [2.75, 3.05) is 7.11 Å². The summed E-state index contributed by atoms with van der Waals surface area (Å²) < 4.78 is 11.6. The molecule has 0 aromatic heterocycles. The van der Waals surface area contributed by atoms with Gasteiger partial charge in [-0.25, -0.2) is 4.79 Å². The molecule has 5 rings (SSSR count). The van der Waals surface area contributed by atoms with Crippen LogP contribution in [0.4, 0.5) is 0 Å². The first-order chi connectivity index (χ1) is 17.1. The van der Waals surface area contributed by atoms with Crippen LogP contribution in [0.25, 0.3) is 16.8 Å². The summed E-state index contributed by atoms with van der Waals surface area (Å²) in [6.07, 6.45) is 9.82. The first kappa shape index (κ1) is 23.8. The van der Waals surface area contributed by atoms with E-state index >= 15 is 0 Å². The van der Waals surface area contributed by atoms with Gasteiger partial charge in [0.15, 0.2) is 5.60 Å². The Morgan fingerprint density at radius 2 is 1.57 bits per heavy atom. The van der Waals surface area contributed by atoms with Gasteiger partial charge in [0.2, 0.25) is 0 Å². The molecule has 0 radical (unpaired) electrons. The van der Waals surface area contributed by atoms with Crippen LogP contribution in [0.1, 0.15) is 34.0 Å². The Morgan fingerprint density at radius 1 is 0.914 bits per heavy atom. The highest BCUT2D eigenvalue weighted by molar-refractivity contribution is 5.99. The molecule has 0 unspecified atom stereocenters. The van der Waals surface area contributed by atoms with Crippen molar-refractivity contribution in [3.05, 3.63) is 144 Å². The van der Waals surface area contributed by atoms with E-state index in [4.69, 9.17) is 9.47 Å². The van der Waals surface area contributed by atoms with E-state index in [1.54, 1.807) is 12.1 Å². The van der Waals surface area contributed by atoms with Crippen molar-refractivity contribution in [2.24, 2.45) is 0 Å².